The Kier molecular flexibility index (Phi) is 12.0. The molecule has 4 aliphatic rings. The van der Waals surface area contributed by atoms with Crippen LogP contribution >= 0.6 is 0 Å². The number of pyridine rings is 1. The summed E-state index contributed by atoms with van der Waals surface area (Å²) >= 11 is 0. The number of alkyl carbamates (subject to hydrolysis) is 1. The molecule has 324 valence electrons. The molecule has 0 radical (unpaired) electrons. The Morgan fingerprint density at radius 1 is 1.15 bits per heavy atom. The van der Waals surface area contributed by atoms with Crippen molar-refractivity contribution in [1.82, 2.24) is 25.2 Å². The number of ether oxygens (including phenoxy) is 4. The van der Waals surface area contributed by atoms with Crippen molar-refractivity contribution in [2.24, 2.45) is 5.92 Å². The van der Waals surface area contributed by atoms with Crippen LogP contribution in [0.3, 0.4) is 0 Å². The SMILES string of the molecule is CC[C@@H]1O[C@@H](C)CC/C=C\[C@@H]2C[C@@]2(C(=O)NS(=O)(=O)C2(C)CC2)NC(=O)[C@@H]2C[C@@H](Oc3ncc(OC)c4ccc(F)cc34)CN2C(=O)[C@H]1NC(=O)OC(C)(C)C(C)(F)F. The Bertz CT molecular complexity index is 2130. The zero-order chi connectivity index (χ0) is 43.3. The number of nitrogens with one attached hydrogen (secondary N) is 3. The van der Waals surface area contributed by atoms with Crippen molar-refractivity contribution in [2.45, 2.75) is 139 Å². The minimum Gasteiger partial charge on any atom is -0.494 e. The Hall–Kier alpha value is -4.65. The molecule has 1 aromatic heterocycles. The van der Waals surface area contributed by atoms with E-state index in [4.69, 9.17) is 18.9 Å². The van der Waals surface area contributed by atoms with Gasteiger partial charge in [0.05, 0.1) is 42.2 Å². The third-order valence-corrected chi connectivity index (χ3v) is 14.1. The van der Waals surface area contributed by atoms with E-state index in [-0.39, 0.29) is 37.1 Å². The number of methoxy groups -OCH3 is 1. The summed E-state index contributed by atoms with van der Waals surface area (Å²) in [6.07, 6.45) is 2.66. The van der Waals surface area contributed by atoms with Gasteiger partial charge in [0.2, 0.25) is 27.7 Å². The molecule has 2 saturated carbocycles. The maximum Gasteiger partial charge on any atom is 0.408 e. The van der Waals surface area contributed by atoms with Crippen LogP contribution in [0.4, 0.5) is 18.0 Å². The van der Waals surface area contributed by atoms with Crippen LogP contribution in [0.5, 0.6) is 11.6 Å². The van der Waals surface area contributed by atoms with Gasteiger partial charge in [0.1, 0.15) is 35.3 Å². The van der Waals surface area contributed by atoms with Crippen LogP contribution in [-0.2, 0) is 33.9 Å². The van der Waals surface area contributed by atoms with Gasteiger partial charge in [0, 0.05) is 24.6 Å². The first-order valence-electron chi connectivity index (χ1n) is 19.7. The van der Waals surface area contributed by atoms with Crippen molar-refractivity contribution < 1.29 is 59.7 Å². The summed E-state index contributed by atoms with van der Waals surface area (Å²) in [5, 5.41) is 5.92. The lowest BCUT2D eigenvalue weighted by Gasteiger charge is -2.35. The van der Waals surface area contributed by atoms with Gasteiger partial charge in [-0.3, -0.25) is 19.1 Å². The van der Waals surface area contributed by atoms with Crippen LogP contribution in [0.15, 0.2) is 36.5 Å². The molecule has 2 aliphatic heterocycles. The number of hydrogen-bond donors (Lipinski definition) is 3. The largest absolute Gasteiger partial charge is 0.494 e. The number of nitrogens with zero attached hydrogens (tertiary/aromatic N) is 2. The van der Waals surface area contributed by atoms with Gasteiger partial charge in [-0.2, -0.15) is 0 Å². The highest BCUT2D eigenvalue weighted by atomic mass is 32.2. The smallest absolute Gasteiger partial charge is 0.408 e. The van der Waals surface area contributed by atoms with E-state index < -0.39 is 97.8 Å². The van der Waals surface area contributed by atoms with E-state index in [9.17, 15) is 40.8 Å². The molecule has 2 aromatic rings. The third-order valence-electron chi connectivity index (χ3n) is 12.0. The van der Waals surface area contributed by atoms with E-state index in [1.807, 2.05) is 0 Å². The number of aromatic nitrogens is 1. The Morgan fingerprint density at radius 3 is 2.51 bits per heavy atom. The fourth-order valence-electron chi connectivity index (χ4n) is 7.36. The van der Waals surface area contributed by atoms with Crippen molar-refractivity contribution in [3.63, 3.8) is 0 Å². The molecule has 3 fully saturated rings. The molecule has 15 nitrogen and oxygen atoms in total. The average Bonchev–Trinajstić information content (AvgIpc) is 4.03. The molecule has 0 bridgehead atoms. The topological polar surface area (TPSA) is 192 Å². The quantitative estimate of drug-likeness (QED) is 0.282. The zero-order valence-electron chi connectivity index (χ0n) is 34.1. The number of sulfonamides is 1. The monoisotopic (exact) mass is 851 g/mol. The molecule has 0 unspecified atom stereocenters. The highest BCUT2D eigenvalue weighted by Gasteiger charge is 2.63. The number of halogens is 3. The first-order chi connectivity index (χ1) is 27.5. The number of allylic oxidation sites excluding steroid dienone is 1. The number of amides is 4. The molecule has 1 saturated heterocycles. The Labute approximate surface area is 341 Å². The fourth-order valence-corrected chi connectivity index (χ4v) is 8.67. The van der Waals surface area contributed by atoms with Crippen molar-refractivity contribution in [2.75, 3.05) is 13.7 Å². The van der Waals surface area contributed by atoms with E-state index in [1.165, 1.54) is 38.4 Å². The molecule has 6 rings (SSSR count). The molecule has 2 aliphatic carbocycles. The molecule has 3 N–H and O–H groups in total. The lowest BCUT2D eigenvalue weighted by Crippen LogP contribution is -2.61. The van der Waals surface area contributed by atoms with E-state index in [1.54, 1.807) is 26.0 Å². The fraction of sp³-hybridized carbons (Fsp3) is 0.625. The molecule has 1 aromatic carbocycles. The molecular weight excluding hydrogens is 800 g/mol. The molecular formula is C40H52F3N5O10S. The van der Waals surface area contributed by atoms with Crippen LogP contribution < -0.4 is 24.8 Å². The van der Waals surface area contributed by atoms with Crippen LogP contribution in [0.25, 0.3) is 10.8 Å². The molecule has 4 amide bonds. The van der Waals surface area contributed by atoms with E-state index in [0.29, 0.717) is 43.7 Å². The number of benzene rings is 1. The molecule has 59 heavy (non-hydrogen) atoms. The molecule has 3 heterocycles. The maximum atomic E-state index is 14.9. The van der Waals surface area contributed by atoms with Gasteiger partial charge in [0.25, 0.3) is 11.8 Å². The second-order valence-electron chi connectivity index (χ2n) is 16.8. The average molecular weight is 852 g/mol. The molecule has 19 heteroatoms. The standard InChI is InChI=1S/C40H52F3N5O10S/c1-8-29-31(45-36(52)58-37(3,4)39(6,42)43)34(50)48-21-25(57-33-27-17-24(41)13-14-26(27)30(55-7)20-44-33)18-28(48)32(49)46-40(19-23(40)12-10-9-11-22(2)56-29)35(51)47-59(53,54)38(5)15-16-38/h10,12-14,17,20,22-23,25,28-29,31H,8-9,11,15-16,18-19,21H2,1-7H3,(H,45,52)(H,46,49)(H,47,51)/b12-10-/t22-,23+,25+,28-,29-,31-,40+/m0/s1. The van der Waals surface area contributed by atoms with Crippen molar-refractivity contribution >= 4 is 44.6 Å². The van der Waals surface area contributed by atoms with Crippen molar-refractivity contribution in [3.8, 4) is 11.6 Å². The Balaban J connectivity index is 1.38. The first-order valence-corrected chi connectivity index (χ1v) is 21.2. The molecule has 0 spiro atoms. The number of carbonyl (C=O) groups is 4. The lowest BCUT2D eigenvalue weighted by atomic mass is 10.0. The van der Waals surface area contributed by atoms with E-state index in [2.05, 4.69) is 20.3 Å². The normalized spacial score (nSPS) is 29.2. The number of fused-ring (bicyclic) bond motifs is 3. The number of carbonyl (C=O) groups excluding carboxylic acids is 4. The number of alkyl halides is 2. The van der Waals surface area contributed by atoms with Gasteiger partial charge in [-0.1, -0.05) is 19.1 Å². The van der Waals surface area contributed by atoms with Gasteiger partial charge in [0.15, 0.2) is 5.60 Å². The van der Waals surface area contributed by atoms with Gasteiger partial charge in [-0.25, -0.2) is 31.4 Å². The van der Waals surface area contributed by atoms with Gasteiger partial charge in [-0.05, 0) is 84.4 Å². The second-order valence-corrected chi connectivity index (χ2v) is 19.0. The highest BCUT2D eigenvalue weighted by molar-refractivity contribution is 7.91. The second kappa shape index (κ2) is 16.1. The van der Waals surface area contributed by atoms with Crippen LogP contribution in [0.1, 0.15) is 86.5 Å². The van der Waals surface area contributed by atoms with Crippen LogP contribution in [-0.4, -0.2) is 108 Å². The van der Waals surface area contributed by atoms with Gasteiger partial charge >= 0.3 is 6.09 Å². The van der Waals surface area contributed by atoms with E-state index in [0.717, 1.165) is 18.7 Å². The van der Waals surface area contributed by atoms with E-state index >= 15 is 0 Å². The summed E-state index contributed by atoms with van der Waals surface area (Å²) in [4.78, 5) is 62.2. The van der Waals surface area contributed by atoms with Gasteiger partial charge < -0.3 is 34.5 Å². The first kappa shape index (κ1) is 43.9. The highest BCUT2D eigenvalue weighted by Crippen LogP contribution is 2.47. The third kappa shape index (κ3) is 8.95. The zero-order valence-corrected chi connectivity index (χ0v) is 34.9. The summed E-state index contributed by atoms with van der Waals surface area (Å²) < 4.78 is 94.0. The summed E-state index contributed by atoms with van der Waals surface area (Å²) in [7, 11) is -2.68. The number of hydrogen-bond acceptors (Lipinski definition) is 11. The molecule has 7 atom stereocenters. The lowest BCUT2D eigenvalue weighted by molar-refractivity contribution is -0.153. The van der Waals surface area contributed by atoms with Crippen LogP contribution in [0, 0.1) is 11.7 Å². The summed E-state index contributed by atoms with van der Waals surface area (Å²) in [6.45, 7) is 7.32. The summed E-state index contributed by atoms with van der Waals surface area (Å²) in [5.74, 6) is -6.95. The van der Waals surface area contributed by atoms with Crippen molar-refractivity contribution in [3.05, 3.63) is 42.4 Å². The maximum absolute atomic E-state index is 14.9. The Morgan fingerprint density at radius 2 is 1.86 bits per heavy atom. The summed E-state index contributed by atoms with van der Waals surface area (Å²) in [5.41, 5.74) is -3.97. The van der Waals surface area contributed by atoms with Crippen LogP contribution in [0.2, 0.25) is 0 Å². The minimum atomic E-state index is -4.10. The predicted molar refractivity (Wildman–Crippen MR) is 208 cm³/mol. The predicted octanol–water partition coefficient (Wildman–Crippen LogP) is 4.67. The minimum absolute atomic E-state index is 0.0347. The summed E-state index contributed by atoms with van der Waals surface area (Å²) in [6, 6.07) is 0.955. The van der Waals surface area contributed by atoms with Crippen molar-refractivity contribution in [1.29, 1.82) is 0 Å². The number of rotatable bonds is 10. The van der Waals surface area contributed by atoms with Gasteiger partial charge in [-0.15, -0.1) is 0 Å².